The summed E-state index contributed by atoms with van der Waals surface area (Å²) in [6, 6.07) is 4.79. The molecule has 0 spiro atoms. The van der Waals surface area contributed by atoms with E-state index in [0.717, 1.165) is 24.4 Å². The predicted octanol–water partition coefficient (Wildman–Crippen LogP) is 1.95. The van der Waals surface area contributed by atoms with Gasteiger partial charge in [-0.05, 0) is 30.8 Å². The molecule has 0 saturated carbocycles. The third-order valence-corrected chi connectivity index (χ3v) is 3.16. The van der Waals surface area contributed by atoms with Crippen molar-refractivity contribution in [3.05, 3.63) is 53.7 Å². The van der Waals surface area contributed by atoms with Crippen molar-refractivity contribution in [2.75, 3.05) is 32.6 Å². The molecular formula is C16H19FN4O2. The minimum atomic E-state index is -0.556. The maximum absolute atomic E-state index is 13.1. The number of hydrogen-bond donors (Lipinski definition) is 1. The number of anilines is 1. The van der Waals surface area contributed by atoms with Gasteiger partial charge < -0.3 is 10.1 Å². The first-order valence-electron chi connectivity index (χ1n) is 7.13. The van der Waals surface area contributed by atoms with Crippen LogP contribution in [-0.4, -0.2) is 48.1 Å². The summed E-state index contributed by atoms with van der Waals surface area (Å²) in [5.41, 5.74) is 1.15. The Morgan fingerprint density at radius 3 is 2.96 bits per heavy atom. The van der Waals surface area contributed by atoms with Gasteiger partial charge in [-0.3, -0.25) is 14.7 Å². The molecule has 0 unspecified atom stereocenters. The minimum Gasteiger partial charge on any atom is -0.383 e. The molecule has 0 aromatic carbocycles. The highest BCUT2D eigenvalue weighted by Gasteiger charge is 2.09. The Bertz CT molecular complexity index is 666. The maximum Gasteiger partial charge on any atom is 0.258 e. The maximum atomic E-state index is 13.1. The van der Waals surface area contributed by atoms with Crippen LogP contribution in [0.5, 0.6) is 0 Å². The number of carbonyl (C=O) groups excluding carboxylic acids is 1. The van der Waals surface area contributed by atoms with Gasteiger partial charge in [-0.1, -0.05) is 0 Å². The zero-order valence-electron chi connectivity index (χ0n) is 13.1. The lowest BCUT2D eigenvalue weighted by molar-refractivity contribution is 0.102. The Labute approximate surface area is 134 Å². The zero-order valence-corrected chi connectivity index (χ0v) is 13.1. The van der Waals surface area contributed by atoms with Crippen molar-refractivity contribution in [2.45, 2.75) is 6.54 Å². The first-order valence-corrected chi connectivity index (χ1v) is 7.13. The third kappa shape index (κ3) is 5.39. The van der Waals surface area contributed by atoms with Gasteiger partial charge >= 0.3 is 0 Å². The largest absolute Gasteiger partial charge is 0.383 e. The average molecular weight is 318 g/mol. The molecule has 0 aliphatic carbocycles. The third-order valence-electron chi connectivity index (χ3n) is 3.16. The van der Waals surface area contributed by atoms with Gasteiger partial charge in [0.1, 0.15) is 11.6 Å². The number of pyridine rings is 2. The number of nitrogens with zero attached hydrogens (tertiary/aromatic N) is 3. The number of ether oxygens (including phenoxy) is 1. The SMILES string of the molecule is COCCN(C)Cc1ccnc(NC(=O)c2cncc(F)c2)c1. The number of likely N-dealkylation sites (N-methyl/N-ethyl adjacent to an activating group) is 1. The molecule has 0 aliphatic rings. The van der Waals surface area contributed by atoms with Gasteiger partial charge in [0.05, 0.1) is 18.4 Å². The van der Waals surface area contributed by atoms with Gasteiger partial charge in [0, 0.05) is 32.6 Å². The van der Waals surface area contributed by atoms with Crippen molar-refractivity contribution >= 4 is 11.7 Å². The molecule has 6 nitrogen and oxygen atoms in total. The van der Waals surface area contributed by atoms with E-state index < -0.39 is 11.7 Å². The number of carbonyl (C=O) groups is 1. The van der Waals surface area contributed by atoms with Gasteiger partial charge in [0.25, 0.3) is 5.91 Å². The van der Waals surface area contributed by atoms with E-state index in [1.165, 1.54) is 6.20 Å². The first kappa shape index (κ1) is 17.0. The molecule has 0 bridgehead atoms. The number of amides is 1. The summed E-state index contributed by atoms with van der Waals surface area (Å²) in [5, 5.41) is 2.64. The number of rotatable bonds is 7. The van der Waals surface area contributed by atoms with Crippen LogP contribution in [0.1, 0.15) is 15.9 Å². The molecule has 0 fully saturated rings. The van der Waals surface area contributed by atoms with Crippen molar-refractivity contribution in [1.82, 2.24) is 14.9 Å². The Morgan fingerprint density at radius 1 is 1.39 bits per heavy atom. The van der Waals surface area contributed by atoms with E-state index in [-0.39, 0.29) is 5.56 Å². The summed E-state index contributed by atoms with van der Waals surface area (Å²) >= 11 is 0. The topological polar surface area (TPSA) is 67.3 Å². The van der Waals surface area contributed by atoms with Gasteiger partial charge in [-0.15, -0.1) is 0 Å². The molecule has 2 aromatic heterocycles. The summed E-state index contributed by atoms with van der Waals surface area (Å²) < 4.78 is 18.1. The minimum absolute atomic E-state index is 0.148. The summed E-state index contributed by atoms with van der Waals surface area (Å²) in [6.07, 6.45) is 3.98. The molecule has 0 saturated heterocycles. The van der Waals surface area contributed by atoms with E-state index >= 15 is 0 Å². The van der Waals surface area contributed by atoms with Gasteiger partial charge in [0.15, 0.2) is 0 Å². The molecule has 2 aromatic rings. The standard InChI is InChI=1S/C16H19FN4O2/c1-21(5-6-23-2)11-12-3-4-19-15(7-12)20-16(22)13-8-14(17)10-18-9-13/h3-4,7-10H,5-6,11H2,1-2H3,(H,19,20,22). The normalized spacial score (nSPS) is 10.8. The second-order valence-corrected chi connectivity index (χ2v) is 5.13. The van der Waals surface area contributed by atoms with Crippen molar-refractivity contribution in [3.63, 3.8) is 0 Å². The smallest absolute Gasteiger partial charge is 0.258 e. The van der Waals surface area contributed by atoms with Crippen molar-refractivity contribution in [1.29, 1.82) is 0 Å². The van der Waals surface area contributed by atoms with Crippen LogP contribution in [0, 0.1) is 5.82 Å². The molecule has 7 heteroatoms. The molecule has 0 aliphatic heterocycles. The Morgan fingerprint density at radius 2 is 2.22 bits per heavy atom. The van der Waals surface area contributed by atoms with E-state index in [9.17, 15) is 9.18 Å². The van der Waals surface area contributed by atoms with Crippen molar-refractivity contribution < 1.29 is 13.9 Å². The van der Waals surface area contributed by atoms with E-state index in [4.69, 9.17) is 4.74 Å². The highest BCUT2D eigenvalue weighted by atomic mass is 19.1. The second-order valence-electron chi connectivity index (χ2n) is 5.13. The van der Waals surface area contributed by atoms with E-state index in [1.54, 1.807) is 19.4 Å². The number of halogens is 1. The number of methoxy groups -OCH3 is 1. The highest BCUT2D eigenvalue weighted by molar-refractivity contribution is 6.03. The second kappa shape index (κ2) is 8.30. The summed E-state index contributed by atoms with van der Waals surface area (Å²) in [4.78, 5) is 21.9. The summed E-state index contributed by atoms with van der Waals surface area (Å²) in [6.45, 7) is 2.16. The fourth-order valence-electron chi connectivity index (χ4n) is 2.00. The van der Waals surface area contributed by atoms with Crippen molar-refractivity contribution in [3.8, 4) is 0 Å². The van der Waals surface area contributed by atoms with Crippen LogP contribution >= 0.6 is 0 Å². The van der Waals surface area contributed by atoms with Crippen LogP contribution in [0.3, 0.4) is 0 Å². The van der Waals surface area contributed by atoms with Crippen LogP contribution in [0.4, 0.5) is 10.2 Å². The predicted molar refractivity (Wildman–Crippen MR) is 84.6 cm³/mol. The van der Waals surface area contributed by atoms with Crippen LogP contribution in [0.15, 0.2) is 36.8 Å². The van der Waals surface area contributed by atoms with Gasteiger partial charge in [-0.2, -0.15) is 0 Å². The van der Waals surface area contributed by atoms with Gasteiger partial charge in [0.2, 0.25) is 0 Å². The van der Waals surface area contributed by atoms with Crippen LogP contribution < -0.4 is 5.32 Å². The first-order chi connectivity index (χ1) is 11.1. The highest BCUT2D eigenvalue weighted by Crippen LogP contribution is 2.11. The Hall–Kier alpha value is -2.38. The number of hydrogen-bond acceptors (Lipinski definition) is 5. The quantitative estimate of drug-likeness (QED) is 0.845. The number of nitrogens with one attached hydrogen (secondary N) is 1. The lowest BCUT2D eigenvalue weighted by Gasteiger charge is -2.16. The zero-order chi connectivity index (χ0) is 16.7. The molecule has 23 heavy (non-hydrogen) atoms. The lowest BCUT2D eigenvalue weighted by Crippen LogP contribution is -2.22. The molecule has 2 rings (SSSR count). The van der Waals surface area contributed by atoms with E-state index in [2.05, 4.69) is 20.2 Å². The Balaban J connectivity index is 2.00. The Kier molecular flexibility index (Phi) is 6.13. The van der Waals surface area contributed by atoms with Crippen molar-refractivity contribution in [2.24, 2.45) is 0 Å². The number of aromatic nitrogens is 2. The van der Waals surface area contributed by atoms with Crippen LogP contribution in [-0.2, 0) is 11.3 Å². The average Bonchev–Trinajstić information content (AvgIpc) is 2.53. The monoisotopic (exact) mass is 318 g/mol. The van der Waals surface area contributed by atoms with E-state index in [0.29, 0.717) is 19.0 Å². The van der Waals surface area contributed by atoms with Gasteiger partial charge in [-0.25, -0.2) is 9.37 Å². The molecule has 0 atom stereocenters. The molecule has 2 heterocycles. The molecule has 0 radical (unpaired) electrons. The molecule has 122 valence electrons. The molecular weight excluding hydrogens is 299 g/mol. The molecule has 1 amide bonds. The fourth-order valence-corrected chi connectivity index (χ4v) is 2.00. The van der Waals surface area contributed by atoms with Crippen LogP contribution in [0.25, 0.3) is 0 Å². The molecule has 1 N–H and O–H groups in total. The lowest BCUT2D eigenvalue weighted by atomic mass is 10.2. The summed E-state index contributed by atoms with van der Waals surface area (Å²) in [7, 11) is 3.64. The van der Waals surface area contributed by atoms with E-state index in [1.807, 2.05) is 13.1 Å². The van der Waals surface area contributed by atoms with Crippen LogP contribution in [0.2, 0.25) is 0 Å². The fraction of sp³-hybridized carbons (Fsp3) is 0.312. The summed E-state index contributed by atoms with van der Waals surface area (Å²) in [5.74, 6) is -0.592.